The summed E-state index contributed by atoms with van der Waals surface area (Å²) in [5.41, 5.74) is 8.10. The fraction of sp³-hybridized carbons (Fsp3) is 0.258. The molecule has 0 fully saturated rings. The van der Waals surface area contributed by atoms with Crippen molar-refractivity contribution < 1.29 is 4.79 Å². The second kappa shape index (κ2) is 6.65. The van der Waals surface area contributed by atoms with Crippen molar-refractivity contribution in [1.82, 2.24) is 0 Å². The van der Waals surface area contributed by atoms with Gasteiger partial charge >= 0.3 is 0 Å². The van der Waals surface area contributed by atoms with Gasteiger partial charge in [-0.2, -0.15) is 0 Å². The Morgan fingerprint density at radius 1 is 0.812 bits per heavy atom. The Labute approximate surface area is 190 Å². The van der Waals surface area contributed by atoms with Crippen LogP contribution in [0, 0.1) is 5.41 Å². The van der Waals surface area contributed by atoms with E-state index in [-0.39, 0.29) is 11.2 Å². The van der Waals surface area contributed by atoms with Crippen molar-refractivity contribution in [2.75, 3.05) is 0 Å². The molecule has 6 rings (SSSR count). The molecule has 32 heavy (non-hydrogen) atoms. The number of rotatable bonds is 4. The molecule has 1 heteroatoms. The molecule has 2 aliphatic rings. The SMILES string of the molecule is CCC(C)(C)C1(Cc2ccc3c(c2)-c2ccccc2C3)C(=O)c2cccc3cccc1c23. The Hall–Kier alpha value is -3.19. The maximum Gasteiger partial charge on any atom is 0.174 e. The zero-order valence-electron chi connectivity index (χ0n) is 19.0. The van der Waals surface area contributed by atoms with E-state index in [2.05, 4.69) is 87.5 Å². The average Bonchev–Trinajstić information content (AvgIpc) is 3.30. The Kier molecular flexibility index (Phi) is 4.05. The molecule has 1 nitrogen and oxygen atoms in total. The largest absolute Gasteiger partial charge is 0.293 e. The summed E-state index contributed by atoms with van der Waals surface area (Å²) in [7, 11) is 0. The van der Waals surface area contributed by atoms with E-state index in [1.807, 2.05) is 12.1 Å². The molecule has 0 bridgehead atoms. The fourth-order valence-corrected chi connectivity index (χ4v) is 6.21. The molecular weight excluding hydrogens is 388 g/mol. The quantitative estimate of drug-likeness (QED) is 0.296. The molecule has 0 radical (unpaired) electrons. The van der Waals surface area contributed by atoms with Crippen LogP contribution in [0.15, 0.2) is 78.9 Å². The molecule has 0 spiro atoms. The summed E-state index contributed by atoms with van der Waals surface area (Å²) in [6.45, 7) is 6.77. The fourth-order valence-electron chi connectivity index (χ4n) is 6.21. The Balaban J connectivity index is 1.55. The van der Waals surface area contributed by atoms with E-state index < -0.39 is 5.41 Å². The van der Waals surface area contributed by atoms with Gasteiger partial charge in [0.25, 0.3) is 0 Å². The van der Waals surface area contributed by atoms with E-state index >= 15 is 0 Å². The molecule has 0 saturated heterocycles. The Bertz CT molecular complexity index is 1400. The van der Waals surface area contributed by atoms with E-state index in [4.69, 9.17) is 0 Å². The van der Waals surface area contributed by atoms with Crippen LogP contribution in [0.25, 0.3) is 21.9 Å². The van der Waals surface area contributed by atoms with Gasteiger partial charge in [0.1, 0.15) is 0 Å². The van der Waals surface area contributed by atoms with Crippen LogP contribution in [0.1, 0.15) is 59.8 Å². The minimum absolute atomic E-state index is 0.172. The summed E-state index contributed by atoms with van der Waals surface area (Å²) in [5, 5.41) is 2.33. The Morgan fingerprint density at radius 3 is 2.34 bits per heavy atom. The molecule has 1 unspecified atom stereocenters. The monoisotopic (exact) mass is 416 g/mol. The highest BCUT2D eigenvalue weighted by Gasteiger charge is 2.55. The van der Waals surface area contributed by atoms with Crippen molar-refractivity contribution in [3.05, 3.63) is 107 Å². The molecule has 0 N–H and O–H groups in total. The molecule has 1 atom stereocenters. The van der Waals surface area contributed by atoms with Gasteiger partial charge in [0.15, 0.2) is 5.78 Å². The number of ketones is 1. The van der Waals surface area contributed by atoms with Crippen LogP contribution >= 0.6 is 0 Å². The first-order valence-electron chi connectivity index (χ1n) is 11.7. The molecule has 0 amide bonds. The minimum Gasteiger partial charge on any atom is -0.293 e. The van der Waals surface area contributed by atoms with Crippen molar-refractivity contribution in [1.29, 1.82) is 0 Å². The van der Waals surface area contributed by atoms with Gasteiger partial charge in [-0.1, -0.05) is 99.6 Å². The predicted molar refractivity (Wildman–Crippen MR) is 132 cm³/mol. The lowest BCUT2D eigenvalue weighted by atomic mass is 9.57. The summed E-state index contributed by atoms with van der Waals surface area (Å²) >= 11 is 0. The summed E-state index contributed by atoms with van der Waals surface area (Å²) in [6.07, 6.45) is 2.67. The summed E-state index contributed by atoms with van der Waals surface area (Å²) in [6, 6.07) is 28.3. The summed E-state index contributed by atoms with van der Waals surface area (Å²) in [5.74, 6) is 0.289. The molecule has 0 aliphatic heterocycles. The number of benzene rings is 4. The van der Waals surface area contributed by atoms with E-state index in [1.165, 1.54) is 38.8 Å². The lowest BCUT2D eigenvalue weighted by molar-refractivity contribution is 0.0709. The second-order valence-corrected chi connectivity index (χ2v) is 10.2. The molecule has 4 aromatic rings. The van der Waals surface area contributed by atoms with E-state index in [1.54, 1.807) is 0 Å². The lowest BCUT2D eigenvalue weighted by Crippen LogP contribution is -2.48. The second-order valence-electron chi connectivity index (χ2n) is 10.2. The number of carbonyl (C=O) groups excluding carboxylic acids is 1. The van der Waals surface area contributed by atoms with Gasteiger partial charge in [-0.25, -0.2) is 0 Å². The topological polar surface area (TPSA) is 17.1 Å². The molecule has 158 valence electrons. The molecule has 0 aromatic heterocycles. The normalized spacial score (nSPS) is 18.8. The smallest absolute Gasteiger partial charge is 0.174 e. The van der Waals surface area contributed by atoms with Crippen LogP contribution in [-0.4, -0.2) is 5.78 Å². The van der Waals surface area contributed by atoms with Crippen molar-refractivity contribution >= 4 is 16.6 Å². The summed E-state index contributed by atoms with van der Waals surface area (Å²) in [4.78, 5) is 14.2. The number of hydrogen-bond acceptors (Lipinski definition) is 1. The number of carbonyl (C=O) groups is 1. The van der Waals surface area contributed by atoms with Crippen LogP contribution in [0.2, 0.25) is 0 Å². The third kappa shape index (κ3) is 2.43. The van der Waals surface area contributed by atoms with Crippen LogP contribution in [0.5, 0.6) is 0 Å². The highest BCUT2D eigenvalue weighted by atomic mass is 16.1. The van der Waals surface area contributed by atoms with Gasteiger partial charge in [0.2, 0.25) is 0 Å². The van der Waals surface area contributed by atoms with E-state index in [0.29, 0.717) is 0 Å². The van der Waals surface area contributed by atoms with Gasteiger partial charge in [-0.15, -0.1) is 0 Å². The van der Waals surface area contributed by atoms with Gasteiger partial charge in [0.05, 0.1) is 5.41 Å². The van der Waals surface area contributed by atoms with E-state index in [0.717, 1.165) is 30.2 Å². The third-order valence-corrected chi connectivity index (χ3v) is 8.37. The maximum atomic E-state index is 14.2. The minimum atomic E-state index is -0.558. The first-order chi connectivity index (χ1) is 15.5. The van der Waals surface area contributed by atoms with Gasteiger partial charge in [-0.3, -0.25) is 4.79 Å². The van der Waals surface area contributed by atoms with Crippen molar-refractivity contribution in [3.63, 3.8) is 0 Å². The highest BCUT2D eigenvalue weighted by Crippen LogP contribution is 2.55. The average molecular weight is 417 g/mol. The van der Waals surface area contributed by atoms with Crippen LogP contribution in [0.3, 0.4) is 0 Å². The van der Waals surface area contributed by atoms with Crippen LogP contribution < -0.4 is 0 Å². The standard InChI is InChI=1S/C31H28O/c1-4-30(2,3)31(27-14-8-11-21-10-7-13-25(28(21)27)29(31)32)19-20-15-16-23-18-22-9-5-6-12-24(22)26(23)17-20/h5-17H,4,18-19H2,1-3H3. The molecule has 0 heterocycles. The van der Waals surface area contributed by atoms with Crippen LogP contribution in [0.4, 0.5) is 0 Å². The predicted octanol–water partition coefficient (Wildman–Crippen LogP) is 7.52. The van der Waals surface area contributed by atoms with Gasteiger partial charge < -0.3 is 0 Å². The van der Waals surface area contributed by atoms with E-state index in [9.17, 15) is 4.79 Å². The van der Waals surface area contributed by atoms with Crippen molar-refractivity contribution in [2.45, 2.75) is 45.4 Å². The number of Topliss-reactive ketones (excluding diaryl/α,β-unsaturated/α-hetero) is 1. The zero-order chi connectivity index (χ0) is 22.1. The van der Waals surface area contributed by atoms with Crippen LogP contribution in [-0.2, 0) is 18.3 Å². The van der Waals surface area contributed by atoms with Crippen molar-refractivity contribution in [2.24, 2.45) is 5.41 Å². The first-order valence-corrected chi connectivity index (χ1v) is 11.7. The number of fused-ring (bicyclic) bond motifs is 3. The molecular formula is C31H28O. The maximum absolute atomic E-state index is 14.2. The molecule has 0 saturated carbocycles. The van der Waals surface area contributed by atoms with Gasteiger partial charge in [0, 0.05) is 5.56 Å². The van der Waals surface area contributed by atoms with Crippen molar-refractivity contribution in [3.8, 4) is 11.1 Å². The third-order valence-electron chi connectivity index (χ3n) is 8.37. The zero-order valence-corrected chi connectivity index (χ0v) is 19.0. The lowest BCUT2D eigenvalue weighted by Gasteiger charge is -2.44. The highest BCUT2D eigenvalue weighted by molar-refractivity contribution is 6.20. The van der Waals surface area contributed by atoms with Gasteiger partial charge in [-0.05, 0) is 68.8 Å². The molecule has 2 aliphatic carbocycles. The summed E-state index contributed by atoms with van der Waals surface area (Å²) < 4.78 is 0. The number of hydrogen-bond donors (Lipinski definition) is 0. The first kappa shape index (κ1) is 19.5. The Morgan fingerprint density at radius 2 is 1.53 bits per heavy atom. The molecule has 4 aromatic carbocycles.